The summed E-state index contributed by atoms with van der Waals surface area (Å²) in [6.45, 7) is 1.79. The van der Waals surface area contributed by atoms with Crippen LogP contribution in [0, 0.1) is 0 Å². The van der Waals surface area contributed by atoms with Crippen LogP contribution in [0.3, 0.4) is 0 Å². The first kappa shape index (κ1) is 22.2. The average Bonchev–Trinajstić information content (AvgIpc) is 3.45. The van der Waals surface area contributed by atoms with E-state index in [0.29, 0.717) is 28.3 Å². The minimum absolute atomic E-state index is 0.0603. The summed E-state index contributed by atoms with van der Waals surface area (Å²) < 4.78 is 16.7. The van der Waals surface area contributed by atoms with E-state index in [9.17, 15) is 9.59 Å². The highest BCUT2D eigenvalue weighted by atomic mass is 16.8. The van der Waals surface area contributed by atoms with Gasteiger partial charge in [0.25, 0.3) is 5.90 Å². The molecule has 0 aromatic heterocycles. The molecule has 2 aliphatic heterocycles. The molecule has 8 heteroatoms. The van der Waals surface area contributed by atoms with Gasteiger partial charge in [-0.3, -0.25) is 9.69 Å². The highest BCUT2D eigenvalue weighted by Crippen LogP contribution is 2.47. The zero-order valence-electron chi connectivity index (χ0n) is 19.1. The van der Waals surface area contributed by atoms with Crippen LogP contribution in [0.25, 0.3) is 5.70 Å². The van der Waals surface area contributed by atoms with Crippen molar-refractivity contribution in [1.29, 1.82) is 0 Å². The summed E-state index contributed by atoms with van der Waals surface area (Å²) in [5.74, 6) is -2.77. The van der Waals surface area contributed by atoms with Crippen molar-refractivity contribution in [2.75, 3.05) is 18.6 Å². The third kappa shape index (κ3) is 3.69. The molecule has 0 saturated carbocycles. The number of hydrogen-bond donors (Lipinski definition) is 0. The van der Waals surface area contributed by atoms with Crippen molar-refractivity contribution in [2.45, 2.75) is 12.7 Å². The Kier molecular flexibility index (Phi) is 5.70. The number of benzene rings is 3. The van der Waals surface area contributed by atoms with Crippen LogP contribution >= 0.6 is 0 Å². The van der Waals surface area contributed by atoms with Crippen LogP contribution < -0.4 is 9.64 Å². The van der Waals surface area contributed by atoms with E-state index in [4.69, 9.17) is 19.0 Å². The second-order valence-electron chi connectivity index (χ2n) is 7.72. The summed E-state index contributed by atoms with van der Waals surface area (Å²) in [5.41, 5.74) is 1.95. The quantitative estimate of drug-likeness (QED) is 0.504. The Morgan fingerprint density at radius 2 is 1.60 bits per heavy atom. The molecule has 3 aromatic rings. The zero-order chi connectivity index (χ0) is 24.4. The van der Waals surface area contributed by atoms with Gasteiger partial charge in [-0.1, -0.05) is 48.5 Å². The van der Waals surface area contributed by atoms with E-state index in [-0.39, 0.29) is 18.1 Å². The van der Waals surface area contributed by atoms with Crippen molar-refractivity contribution < 1.29 is 28.6 Å². The average molecular weight is 470 g/mol. The fourth-order valence-electron chi connectivity index (χ4n) is 4.05. The molecule has 35 heavy (non-hydrogen) atoms. The molecule has 2 heterocycles. The molecule has 1 amide bonds. The maximum absolute atomic E-state index is 14.0. The van der Waals surface area contributed by atoms with Crippen molar-refractivity contribution >= 4 is 29.2 Å². The van der Waals surface area contributed by atoms with Gasteiger partial charge in [-0.2, -0.15) is 0 Å². The third-order valence-corrected chi connectivity index (χ3v) is 5.65. The number of carbonyl (C=O) groups excluding carboxylic acids is 2. The van der Waals surface area contributed by atoms with Crippen LogP contribution in [-0.2, 0) is 23.9 Å². The van der Waals surface area contributed by atoms with Crippen LogP contribution in [-0.4, -0.2) is 37.3 Å². The van der Waals surface area contributed by atoms with Gasteiger partial charge in [0.05, 0.1) is 19.4 Å². The number of carbonyl (C=O) groups is 2. The highest BCUT2D eigenvalue weighted by Gasteiger charge is 2.65. The second kappa shape index (κ2) is 8.98. The van der Waals surface area contributed by atoms with E-state index < -0.39 is 17.7 Å². The maximum atomic E-state index is 14.0. The minimum atomic E-state index is -2.14. The van der Waals surface area contributed by atoms with Crippen molar-refractivity contribution in [3.05, 3.63) is 102 Å². The first-order valence-corrected chi connectivity index (χ1v) is 11.1. The molecule has 0 fully saturated rings. The van der Waals surface area contributed by atoms with E-state index in [1.807, 2.05) is 24.3 Å². The molecule has 1 unspecified atom stereocenters. The fourth-order valence-corrected chi connectivity index (χ4v) is 4.05. The molecular formula is C27H22N2O6. The molecule has 0 aliphatic carbocycles. The summed E-state index contributed by atoms with van der Waals surface area (Å²) in [6, 6.07) is 25.0. The largest absolute Gasteiger partial charge is 0.497 e. The number of rotatable bonds is 6. The number of nitrogens with zero attached hydrogens (tertiary/aromatic N) is 2. The lowest BCUT2D eigenvalue weighted by atomic mass is 10.0. The topological polar surface area (TPSA) is 86.7 Å². The number of methoxy groups -OCH3 is 1. The lowest BCUT2D eigenvalue weighted by molar-refractivity contribution is -0.171. The van der Waals surface area contributed by atoms with Crippen LogP contribution in [0.2, 0.25) is 0 Å². The molecule has 1 spiro atoms. The predicted molar refractivity (Wildman–Crippen MR) is 128 cm³/mol. The number of para-hydroxylation sites is 1. The molecule has 5 rings (SSSR count). The van der Waals surface area contributed by atoms with Crippen LogP contribution in [0.5, 0.6) is 5.75 Å². The lowest BCUT2D eigenvalue weighted by Crippen LogP contribution is -2.46. The van der Waals surface area contributed by atoms with Gasteiger partial charge in [-0.15, -0.1) is 0 Å². The smallest absolute Gasteiger partial charge is 0.393 e. The van der Waals surface area contributed by atoms with Crippen molar-refractivity contribution in [3.8, 4) is 5.75 Å². The van der Waals surface area contributed by atoms with Gasteiger partial charge in [0, 0.05) is 11.3 Å². The number of hydrogen-bond acceptors (Lipinski definition) is 7. The number of amides is 1. The Morgan fingerprint density at radius 1 is 0.943 bits per heavy atom. The van der Waals surface area contributed by atoms with Crippen LogP contribution in [0.15, 0.2) is 95.7 Å². The van der Waals surface area contributed by atoms with Crippen molar-refractivity contribution in [2.24, 2.45) is 5.16 Å². The van der Waals surface area contributed by atoms with Gasteiger partial charge >= 0.3 is 17.7 Å². The Hall–Kier alpha value is -4.59. The Bertz CT molecular complexity index is 1320. The number of anilines is 1. The van der Waals surface area contributed by atoms with Gasteiger partial charge in [0.1, 0.15) is 5.75 Å². The Labute approximate surface area is 202 Å². The normalized spacial score (nSPS) is 18.9. The highest BCUT2D eigenvalue weighted by molar-refractivity contribution is 6.25. The van der Waals surface area contributed by atoms with Crippen molar-refractivity contribution in [3.63, 3.8) is 0 Å². The first-order chi connectivity index (χ1) is 17.1. The second-order valence-corrected chi connectivity index (χ2v) is 7.72. The number of ether oxygens (including phenoxy) is 3. The third-order valence-electron chi connectivity index (χ3n) is 5.65. The monoisotopic (exact) mass is 470 g/mol. The minimum Gasteiger partial charge on any atom is -0.497 e. The number of oxime groups is 1. The number of esters is 1. The zero-order valence-corrected chi connectivity index (χ0v) is 19.1. The molecule has 176 valence electrons. The molecule has 8 nitrogen and oxygen atoms in total. The summed E-state index contributed by atoms with van der Waals surface area (Å²) in [4.78, 5) is 34.5. The van der Waals surface area contributed by atoms with E-state index >= 15 is 0 Å². The van der Waals surface area contributed by atoms with Gasteiger partial charge in [0.15, 0.2) is 5.57 Å². The lowest BCUT2D eigenvalue weighted by Gasteiger charge is -2.23. The van der Waals surface area contributed by atoms with Crippen LogP contribution in [0.4, 0.5) is 5.69 Å². The molecule has 3 aromatic carbocycles. The van der Waals surface area contributed by atoms with E-state index in [1.165, 1.54) is 4.90 Å². The van der Waals surface area contributed by atoms with Gasteiger partial charge in [-0.25, -0.2) is 4.79 Å². The summed E-state index contributed by atoms with van der Waals surface area (Å²) in [5, 5.41) is 4.06. The standard InChI is InChI=1S/C27H22N2O6/c1-3-33-25(30)22-23(18-10-6-4-7-11-18)29(20-12-8-5-9-13-20)26(31)27(22)34-24(28-35-27)19-14-16-21(32-2)17-15-19/h4-17H,3H2,1-2H3. The van der Waals surface area contributed by atoms with E-state index in [2.05, 4.69) is 5.16 Å². The molecule has 1 atom stereocenters. The molecular weight excluding hydrogens is 448 g/mol. The molecule has 0 N–H and O–H groups in total. The van der Waals surface area contributed by atoms with Gasteiger partial charge in [0.2, 0.25) is 0 Å². The summed E-state index contributed by atoms with van der Waals surface area (Å²) in [7, 11) is 1.56. The van der Waals surface area contributed by atoms with Crippen molar-refractivity contribution in [1.82, 2.24) is 0 Å². The fraction of sp³-hybridized carbons (Fsp3) is 0.148. The maximum Gasteiger partial charge on any atom is 0.393 e. The Morgan fingerprint density at radius 3 is 2.23 bits per heavy atom. The van der Waals surface area contributed by atoms with E-state index in [1.54, 1.807) is 74.7 Å². The van der Waals surface area contributed by atoms with Crippen LogP contribution in [0.1, 0.15) is 18.1 Å². The molecule has 0 radical (unpaired) electrons. The molecule has 2 aliphatic rings. The first-order valence-electron chi connectivity index (χ1n) is 11.1. The predicted octanol–water partition coefficient (Wildman–Crippen LogP) is 4.12. The van der Waals surface area contributed by atoms with E-state index in [0.717, 1.165) is 0 Å². The summed E-state index contributed by atoms with van der Waals surface area (Å²) in [6.07, 6.45) is 0. The molecule has 0 bridgehead atoms. The SMILES string of the molecule is CCOC(=O)C1=C(c2ccccc2)N(c2ccccc2)C(=O)C12ON=C(c1ccc(OC)cc1)O2. The molecule has 0 saturated heterocycles. The van der Waals surface area contributed by atoms with Gasteiger partial charge < -0.3 is 19.0 Å². The van der Waals surface area contributed by atoms with Gasteiger partial charge in [-0.05, 0) is 54.0 Å². The summed E-state index contributed by atoms with van der Waals surface area (Å²) >= 11 is 0. The Balaban J connectivity index is 1.67.